The average Bonchev–Trinajstić information content (AvgIpc) is 2.44. The molecule has 1 unspecified atom stereocenters. The molecule has 1 aromatic carbocycles. The Labute approximate surface area is 160 Å². The van der Waals surface area contributed by atoms with Gasteiger partial charge >= 0.3 is 35.5 Å². The average molecular weight is 348 g/mol. The van der Waals surface area contributed by atoms with Gasteiger partial charge in [-0.25, -0.2) is 8.42 Å². The van der Waals surface area contributed by atoms with E-state index in [1.807, 2.05) is 19.9 Å². The molecule has 0 spiro atoms. The van der Waals surface area contributed by atoms with Gasteiger partial charge in [0.25, 0.3) is 0 Å². The molecule has 1 atom stereocenters. The van der Waals surface area contributed by atoms with E-state index in [0.29, 0.717) is 0 Å². The Morgan fingerprint density at radius 3 is 2.13 bits per heavy atom. The number of methoxy groups -OCH3 is 1. The number of allylic oxidation sites excluding steroid dienone is 1. The molecule has 0 aromatic heterocycles. The van der Waals surface area contributed by atoms with E-state index in [2.05, 4.69) is 0 Å². The molecule has 0 heterocycles. The van der Waals surface area contributed by atoms with Crippen LogP contribution in [0.15, 0.2) is 40.8 Å². The van der Waals surface area contributed by atoms with Crippen molar-refractivity contribution >= 4 is 16.1 Å². The van der Waals surface area contributed by atoms with Gasteiger partial charge in [-0.05, 0) is 38.5 Å². The van der Waals surface area contributed by atoms with E-state index >= 15 is 0 Å². The summed E-state index contributed by atoms with van der Waals surface area (Å²) in [6, 6.07) is 5.82. The molecule has 0 aliphatic rings. The van der Waals surface area contributed by atoms with E-state index in [9.17, 15) is 17.8 Å². The molecule has 5 nitrogen and oxygen atoms in total. The van der Waals surface area contributed by atoms with Crippen LogP contribution in [0.5, 0.6) is 0 Å². The van der Waals surface area contributed by atoms with E-state index in [1.165, 1.54) is 19.2 Å². The van der Waals surface area contributed by atoms with Crippen LogP contribution in [0.1, 0.15) is 39.2 Å². The first kappa shape index (κ1) is 22.3. The van der Waals surface area contributed by atoms with Crippen LogP contribution in [0.25, 0.3) is 0 Å². The van der Waals surface area contributed by atoms with Crippen molar-refractivity contribution in [1.29, 1.82) is 0 Å². The quantitative estimate of drug-likeness (QED) is 0.320. The third kappa shape index (κ3) is 6.04. The van der Waals surface area contributed by atoms with Gasteiger partial charge in [0.2, 0.25) is 0 Å². The zero-order chi connectivity index (χ0) is 17.1. The van der Waals surface area contributed by atoms with Crippen LogP contribution in [-0.2, 0) is 19.6 Å². The second-order valence-corrected chi connectivity index (χ2v) is 7.23. The van der Waals surface area contributed by atoms with E-state index < -0.39 is 15.5 Å². The molecule has 0 bridgehead atoms. The molecule has 0 radical (unpaired) electrons. The predicted molar refractivity (Wildman–Crippen MR) is 82.4 cm³/mol. The summed E-state index contributed by atoms with van der Waals surface area (Å²) >= 11 is 0. The topological polar surface area (TPSA) is 83.5 Å². The second kappa shape index (κ2) is 8.44. The van der Waals surface area contributed by atoms with Gasteiger partial charge in [0.1, 0.15) is 10.1 Å². The fraction of sp³-hybridized carbons (Fsp3) is 0.438. The number of hydrogen-bond donors (Lipinski definition) is 0. The zero-order valence-electron chi connectivity index (χ0n) is 14.4. The Morgan fingerprint density at radius 1 is 1.26 bits per heavy atom. The number of benzene rings is 1. The number of rotatable bonds is 5. The summed E-state index contributed by atoms with van der Waals surface area (Å²) in [5.74, 6) is -0.348. The van der Waals surface area contributed by atoms with Gasteiger partial charge in [0.15, 0.2) is 0 Å². The maximum Gasteiger partial charge on any atom is 1.00 e. The standard InChI is InChI=1S/C16H22O5S.Na/c1-11(10-16(3,4)15(17)21-5)12(2)13-6-8-14(9-7-13)22(18,19)20;/h6-10,12H,1-5H3,(H,18,19,20);/q;+1/p-1. The molecule has 0 fully saturated rings. The molecule has 1 aromatic rings. The van der Waals surface area contributed by atoms with Crippen LogP contribution in [0.2, 0.25) is 0 Å². The van der Waals surface area contributed by atoms with Crippen molar-refractivity contribution in [3.05, 3.63) is 41.5 Å². The summed E-state index contributed by atoms with van der Waals surface area (Å²) in [5.41, 5.74) is 1.07. The Kier molecular flexibility index (Phi) is 8.20. The minimum absolute atomic E-state index is 0. The summed E-state index contributed by atoms with van der Waals surface area (Å²) in [5, 5.41) is 0. The molecule has 0 aliphatic heterocycles. The van der Waals surface area contributed by atoms with Crippen molar-refractivity contribution in [2.24, 2.45) is 5.41 Å². The molecule has 0 aliphatic carbocycles. The summed E-state index contributed by atoms with van der Waals surface area (Å²) in [4.78, 5) is 11.5. The van der Waals surface area contributed by atoms with Gasteiger partial charge in [0, 0.05) is 5.92 Å². The van der Waals surface area contributed by atoms with Crippen molar-refractivity contribution in [3.63, 3.8) is 0 Å². The summed E-state index contributed by atoms with van der Waals surface area (Å²) < 4.78 is 37.5. The van der Waals surface area contributed by atoms with E-state index in [0.717, 1.165) is 11.1 Å². The minimum atomic E-state index is -4.43. The normalized spacial score (nSPS) is 13.9. The van der Waals surface area contributed by atoms with Crippen LogP contribution in [-0.4, -0.2) is 26.0 Å². The molecule has 122 valence electrons. The maximum atomic E-state index is 11.7. The van der Waals surface area contributed by atoms with Gasteiger partial charge < -0.3 is 9.29 Å². The van der Waals surface area contributed by atoms with Crippen LogP contribution >= 0.6 is 0 Å². The van der Waals surface area contributed by atoms with Crippen molar-refractivity contribution in [2.75, 3.05) is 7.11 Å². The van der Waals surface area contributed by atoms with Crippen LogP contribution in [0.4, 0.5) is 0 Å². The molecule has 0 saturated carbocycles. The van der Waals surface area contributed by atoms with Gasteiger partial charge in [-0.2, -0.15) is 0 Å². The molecule has 0 amide bonds. The van der Waals surface area contributed by atoms with Crippen LogP contribution in [0.3, 0.4) is 0 Å². The molecule has 7 heteroatoms. The third-order valence-electron chi connectivity index (χ3n) is 3.65. The number of hydrogen-bond acceptors (Lipinski definition) is 5. The maximum absolute atomic E-state index is 11.7. The number of esters is 1. The Morgan fingerprint density at radius 2 is 1.74 bits per heavy atom. The molecule has 0 N–H and O–H groups in total. The fourth-order valence-corrected chi connectivity index (χ4v) is 2.67. The molecular weight excluding hydrogens is 327 g/mol. The number of carbonyl (C=O) groups is 1. The Hall–Kier alpha value is -0.660. The number of ether oxygens (including phenoxy) is 1. The Bertz CT molecular complexity index is 675. The number of carbonyl (C=O) groups excluding carboxylic acids is 1. The van der Waals surface area contributed by atoms with Crippen molar-refractivity contribution < 1.29 is 52.1 Å². The first-order chi connectivity index (χ1) is 9.99. The van der Waals surface area contributed by atoms with Gasteiger partial charge in [0.05, 0.1) is 17.4 Å². The molecular formula is C16H21NaO5S. The fourth-order valence-electron chi connectivity index (χ4n) is 2.20. The van der Waals surface area contributed by atoms with Gasteiger partial charge in [-0.15, -0.1) is 0 Å². The first-order valence-electron chi connectivity index (χ1n) is 6.82. The molecule has 23 heavy (non-hydrogen) atoms. The SMILES string of the molecule is COC(=O)C(C)(C)C=C(C)C(C)c1ccc(S(=O)(=O)[O-])cc1.[Na+]. The third-order valence-corrected chi connectivity index (χ3v) is 4.50. The van der Waals surface area contributed by atoms with Crippen LogP contribution in [0, 0.1) is 5.41 Å². The minimum Gasteiger partial charge on any atom is -0.744 e. The molecule has 0 saturated heterocycles. The van der Waals surface area contributed by atoms with E-state index in [1.54, 1.807) is 26.0 Å². The predicted octanol–water partition coefficient (Wildman–Crippen LogP) is -0.156. The summed E-state index contributed by atoms with van der Waals surface area (Å²) in [7, 11) is -3.09. The van der Waals surface area contributed by atoms with Gasteiger partial charge in [-0.3, -0.25) is 4.79 Å². The van der Waals surface area contributed by atoms with Gasteiger partial charge in [-0.1, -0.05) is 30.7 Å². The largest absolute Gasteiger partial charge is 1.00 e. The smallest absolute Gasteiger partial charge is 0.744 e. The van der Waals surface area contributed by atoms with Crippen molar-refractivity contribution in [1.82, 2.24) is 0 Å². The molecule has 1 rings (SSSR count). The summed E-state index contributed by atoms with van der Waals surface area (Å²) in [6.07, 6.45) is 1.84. The van der Waals surface area contributed by atoms with E-state index in [4.69, 9.17) is 4.74 Å². The Balaban J connectivity index is 0.00000484. The van der Waals surface area contributed by atoms with Crippen LogP contribution < -0.4 is 29.6 Å². The second-order valence-electron chi connectivity index (χ2n) is 5.85. The van der Waals surface area contributed by atoms with Crippen molar-refractivity contribution in [2.45, 2.75) is 38.5 Å². The van der Waals surface area contributed by atoms with E-state index in [-0.39, 0.29) is 46.3 Å². The zero-order valence-corrected chi connectivity index (χ0v) is 17.2. The monoisotopic (exact) mass is 348 g/mol. The van der Waals surface area contributed by atoms with Crippen molar-refractivity contribution in [3.8, 4) is 0 Å². The summed E-state index contributed by atoms with van der Waals surface area (Å²) in [6.45, 7) is 7.37. The first-order valence-corrected chi connectivity index (χ1v) is 8.23.